The van der Waals surface area contributed by atoms with Gasteiger partial charge in [-0.3, -0.25) is 9.78 Å². The third kappa shape index (κ3) is 3.91. The van der Waals surface area contributed by atoms with Crippen LogP contribution in [0.4, 0.5) is 0 Å². The summed E-state index contributed by atoms with van der Waals surface area (Å²) in [5.74, 6) is 1.82. The van der Waals surface area contributed by atoms with E-state index in [0.29, 0.717) is 17.8 Å². The first-order chi connectivity index (χ1) is 18.9. The van der Waals surface area contributed by atoms with Gasteiger partial charge in [-0.2, -0.15) is 0 Å². The molecule has 3 aromatic rings. The third-order valence-electron chi connectivity index (χ3n) is 11.0. The molecule has 3 unspecified atom stereocenters. The van der Waals surface area contributed by atoms with Crippen LogP contribution in [0.25, 0.3) is 22.4 Å². The molecule has 0 amide bonds. The maximum atomic E-state index is 11.6. The van der Waals surface area contributed by atoms with Gasteiger partial charge in [0.05, 0.1) is 11.4 Å². The summed E-state index contributed by atoms with van der Waals surface area (Å²) >= 11 is 0. The predicted octanol–water partition coefficient (Wildman–Crippen LogP) is 8.32. The Balaban J connectivity index is 1.29. The molecule has 39 heavy (non-hydrogen) atoms. The first kappa shape index (κ1) is 24.8. The Morgan fingerprint density at radius 3 is 2.28 bits per heavy atom. The molecule has 7 rings (SSSR count). The van der Waals surface area contributed by atoms with Crippen LogP contribution >= 0.6 is 0 Å². The summed E-state index contributed by atoms with van der Waals surface area (Å²) in [5.41, 5.74) is 9.66. The summed E-state index contributed by atoms with van der Waals surface area (Å²) in [6.07, 6.45) is 10.3. The lowest BCUT2D eigenvalue weighted by Crippen LogP contribution is -2.51. The lowest BCUT2D eigenvalue weighted by molar-refractivity contribution is -0.148. The smallest absolute Gasteiger partial charge is 0.302 e. The highest BCUT2D eigenvalue weighted by molar-refractivity contribution is 5.75. The van der Waals surface area contributed by atoms with E-state index in [4.69, 9.17) is 9.72 Å². The van der Waals surface area contributed by atoms with Crippen LogP contribution in [0.3, 0.4) is 0 Å². The van der Waals surface area contributed by atoms with Gasteiger partial charge in [0.1, 0.15) is 6.10 Å². The largest absolute Gasteiger partial charge is 0.462 e. The maximum absolute atomic E-state index is 11.6. The normalized spacial score (nSPS) is 32.7. The standard InChI is InChI=1S/C36H39NO2/c1-23(38)39-27-16-18-35(2)26(20-27)14-15-28-31(35)17-19-36(3)32(28)21-30-29(24-10-6-4-7-11-24)22-33(37-34(30)36)25-12-8-5-9-13-25/h4-14,22,27-28,31-32H,15-21H2,1-3H3/t27-,28?,31?,32?,35-,36-/m0/s1. The Morgan fingerprint density at radius 2 is 1.56 bits per heavy atom. The zero-order valence-corrected chi connectivity index (χ0v) is 23.5. The van der Waals surface area contributed by atoms with Crippen molar-refractivity contribution in [3.8, 4) is 22.4 Å². The van der Waals surface area contributed by atoms with Crippen molar-refractivity contribution in [2.75, 3.05) is 0 Å². The zero-order chi connectivity index (χ0) is 26.8. The van der Waals surface area contributed by atoms with Gasteiger partial charge in [-0.05, 0) is 84.5 Å². The highest BCUT2D eigenvalue weighted by Gasteiger charge is 2.58. The Morgan fingerprint density at radius 1 is 0.872 bits per heavy atom. The van der Waals surface area contributed by atoms with E-state index >= 15 is 0 Å². The number of benzene rings is 2. The molecule has 4 aliphatic rings. The van der Waals surface area contributed by atoms with E-state index < -0.39 is 0 Å². The second kappa shape index (κ2) is 9.18. The molecule has 4 aliphatic carbocycles. The molecular formula is C36H39NO2. The molecule has 2 saturated carbocycles. The average Bonchev–Trinajstić information content (AvgIpc) is 3.26. The fourth-order valence-electron chi connectivity index (χ4n) is 9.06. The second-order valence-corrected chi connectivity index (χ2v) is 13.0. The number of pyridine rings is 1. The van der Waals surface area contributed by atoms with Crippen molar-refractivity contribution in [2.24, 2.45) is 23.2 Å². The molecule has 0 N–H and O–H groups in total. The van der Waals surface area contributed by atoms with E-state index in [0.717, 1.165) is 37.8 Å². The van der Waals surface area contributed by atoms with Crippen LogP contribution in [0.5, 0.6) is 0 Å². The molecular weight excluding hydrogens is 478 g/mol. The zero-order valence-electron chi connectivity index (χ0n) is 23.5. The first-order valence-corrected chi connectivity index (χ1v) is 14.9. The van der Waals surface area contributed by atoms with Crippen LogP contribution in [-0.2, 0) is 21.4 Å². The molecule has 0 radical (unpaired) electrons. The van der Waals surface area contributed by atoms with Crippen LogP contribution in [0.2, 0.25) is 0 Å². The van der Waals surface area contributed by atoms with Crippen molar-refractivity contribution < 1.29 is 9.53 Å². The number of fused-ring (bicyclic) bond motifs is 7. The molecule has 200 valence electrons. The van der Waals surface area contributed by atoms with Gasteiger partial charge in [0.25, 0.3) is 0 Å². The summed E-state index contributed by atoms with van der Waals surface area (Å²) in [4.78, 5) is 17.1. The van der Waals surface area contributed by atoms with Gasteiger partial charge in [-0.15, -0.1) is 0 Å². The van der Waals surface area contributed by atoms with E-state index in [-0.39, 0.29) is 22.9 Å². The number of carbonyl (C=O) groups excluding carboxylic acids is 1. The van der Waals surface area contributed by atoms with E-state index in [1.165, 1.54) is 40.8 Å². The van der Waals surface area contributed by atoms with Crippen molar-refractivity contribution in [1.29, 1.82) is 0 Å². The van der Waals surface area contributed by atoms with Crippen molar-refractivity contribution >= 4 is 5.97 Å². The first-order valence-electron chi connectivity index (χ1n) is 14.9. The Hall–Kier alpha value is -3.20. The van der Waals surface area contributed by atoms with Crippen LogP contribution in [-0.4, -0.2) is 17.1 Å². The van der Waals surface area contributed by atoms with Gasteiger partial charge in [0, 0.05) is 24.3 Å². The van der Waals surface area contributed by atoms with E-state index in [9.17, 15) is 4.79 Å². The average molecular weight is 518 g/mol. The summed E-state index contributed by atoms with van der Waals surface area (Å²) in [7, 11) is 0. The number of allylic oxidation sites excluding steroid dienone is 1. The van der Waals surface area contributed by atoms with Gasteiger partial charge >= 0.3 is 5.97 Å². The maximum Gasteiger partial charge on any atom is 0.302 e. The van der Waals surface area contributed by atoms with Crippen molar-refractivity contribution in [2.45, 2.75) is 77.2 Å². The summed E-state index contributed by atoms with van der Waals surface area (Å²) < 4.78 is 5.66. The number of carbonyl (C=O) groups is 1. The minimum atomic E-state index is -0.147. The molecule has 2 fully saturated rings. The molecule has 0 bridgehead atoms. The van der Waals surface area contributed by atoms with Gasteiger partial charge in [0.15, 0.2) is 0 Å². The monoisotopic (exact) mass is 517 g/mol. The van der Waals surface area contributed by atoms with Crippen LogP contribution in [0, 0.1) is 23.2 Å². The number of rotatable bonds is 3. The minimum absolute atomic E-state index is 0.0528. The van der Waals surface area contributed by atoms with Gasteiger partial charge in [-0.1, -0.05) is 86.2 Å². The lowest BCUT2D eigenvalue weighted by atomic mass is 9.48. The molecule has 1 aromatic heterocycles. The topological polar surface area (TPSA) is 39.2 Å². The number of ether oxygens (including phenoxy) is 1. The van der Waals surface area contributed by atoms with Crippen molar-refractivity contribution in [3.05, 3.63) is 89.6 Å². The third-order valence-corrected chi connectivity index (χ3v) is 11.0. The van der Waals surface area contributed by atoms with Gasteiger partial charge in [0.2, 0.25) is 0 Å². The van der Waals surface area contributed by atoms with Gasteiger partial charge in [-0.25, -0.2) is 0 Å². The summed E-state index contributed by atoms with van der Waals surface area (Å²) in [6, 6.07) is 24.0. The number of aromatic nitrogens is 1. The van der Waals surface area contributed by atoms with Crippen molar-refractivity contribution in [3.63, 3.8) is 0 Å². The number of hydrogen-bond donors (Lipinski definition) is 0. The Kier molecular flexibility index (Phi) is 5.84. The SMILES string of the molecule is CC(=O)O[C@H]1CC[C@@]2(C)C(=CCC3C2CC[C@]2(C)c4nc(-c5ccccc5)cc(-c5ccccc5)c4CC32)C1. The van der Waals surface area contributed by atoms with Crippen LogP contribution in [0.1, 0.15) is 70.6 Å². The van der Waals surface area contributed by atoms with E-state index in [1.807, 2.05) is 0 Å². The predicted molar refractivity (Wildman–Crippen MR) is 156 cm³/mol. The van der Waals surface area contributed by atoms with Crippen molar-refractivity contribution in [1.82, 2.24) is 4.98 Å². The molecule has 0 aliphatic heterocycles. The highest BCUT2D eigenvalue weighted by atomic mass is 16.5. The van der Waals surface area contributed by atoms with E-state index in [2.05, 4.69) is 86.7 Å². The molecule has 0 spiro atoms. The molecule has 1 heterocycles. The second-order valence-electron chi connectivity index (χ2n) is 13.0. The molecule has 6 atom stereocenters. The number of nitrogens with zero attached hydrogens (tertiary/aromatic N) is 1. The van der Waals surface area contributed by atoms with E-state index in [1.54, 1.807) is 12.5 Å². The minimum Gasteiger partial charge on any atom is -0.462 e. The fraction of sp³-hybridized carbons (Fsp3) is 0.444. The number of hydrogen-bond acceptors (Lipinski definition) is 3. The summed E-state index contributed by atoms with van der Waals surface area (Å²) in [6.45, 7) is 6.58. The summed E-state index contributed by atoms with van der Waals surface area (Å²) in [5, 5.41) is 0. The molecule has 3 nitrogen and oxygen atoms in total. The van der Waals surface area contributed by atoms with Gasteiger partial charge < -0.3 is 4.74 Å². The van der Waals surface area contributed by atoms with Crippen LogP contribution < -0.4 is 0 Å². The number of esters is 1. The molecule has 3 heteroatoms. The lowest BCUT2D eigenvalue weighted by Gasteiger charge is -2.57. The molecule has 0 saturated heterocycles. The highest BCUT2D eigenvalue weighted by Crippen LogP contribution is 2.64. The quantitative estimate of drug-likeness (QED) is 0.259. The Bertz CT molecular complexity index is 1440. The van der Waals surface area contributed by atoms with Crippen LogP contribution in [0.15, 0.2) is 78.4 Å². The fourth-order valence-corrected chi connectivity index (χ4v) is 9.06. The Labute approximate surface area is 232 Å². The molecule has 2 aromatic carbocycles.